The number of nitrogens with one attached hydrogen (secondary N) is 2. The molecule has 0 radical (unpaired) electrons. The fraction of sp³-hybridized carbons (Fsp3) is 0.579. The van der Waals surface area contributed by atoms with Gasteiger partial charge in [-0.2, -0.15) is 0 Å². The van der Waals surface area contributed by atoms with Crippen molar-refractivity contribution in [2.45, 2.75) is 26.7 Å². The first kappa shape index (κ1) is 20.0. The number of urea groups is 1. The second-order valence-corrected chi connectivity index (χ2v) is 7.02. The van der Waals surface area contributed by atoms with E-state index in [0.717, 1.165) is 24.3 Å². The van der Waals surface area contributed by atoms with Crippen LogP contribution in [-0.4, -0.2) is 49.6 Å². The molecule has 26 heavy (non-hydrogen) atoms. The quantitative estimate of drug-likeness (QED) is 0.691. The molecule has 0 spiro atoms. The Kier molecular flexibility index (Phi) is 7.72. The zero-order valence-corrected chi connectivity index (χ0v) is 15.7. The Hall–Kier alpha value is -2.28. The Balaban J connectivity index is 1.85. The number of anilines is 1. The predicted molar refractivity (Wildman–Crippen MR) is 102 cm³/mol. The van der Waals surface area contributed by atoms with Gasteiger partial charge in [0.1, 0.15) is 12.4 Å². The first-order valence-electron chi connectivity index (χ1n) is 9.26. The van der Waals surface area contributed by atoms with Crippen molar-refractivity contribution in [3.05, 3.63) is 24.3 Å². The van der Waals surface area contributed by atoms with Gasteiger partial charge in [-0.3, -0.25) is 4.79 Å². The van der Waals surface area contributed by atoms with Gasteiger partial charge in [-0.15, -0.1) is 0 Å². The van der Waals surface area contributed by atoms with Crippen molar-refractivity contribution in [1.29, 1.82) is 0 Å². The summed E-state index contributed by atoms with van der Waals surface area (Å²) in [5.74, 6) is 0.877. The second-order valence-electron chi connectivity index (χ2n) is 7.02. The van der Waals surface area contributed by atoms with Gasteiger partial charge in [0.2, 0.25) is 5.91 Å². The number of benzene rings is 1. The number of likely N-dealkylation sites (tertiary alicyclic amines) is 1. The molecule has 2 rings (SSSR count). The molecule has 7 nitrogen and oxygen atoms in total. The average molecular weight is 362 g/mol. The highest BCUT2D eigenvalue weighted by Crippen LogP contribution is 2.20. The summed E-state index contributed by atoms with van der Waals surface area (Å²) in [6.07, 6.45) is 1.62. The summed E-state index contributed by atoms with van der Waals surface area (Å²) in [5, 5.41) is 5.84. The second kappa shape index (κ2) is 10.0. The predicted octanol–water partition coefficient (Wildman–Crippen LogP) is 2.04. The van der Waals surface area contributed by atoms with Gasteiger partial charge in [0.15, 0.2) is 0 Å². The van der Waals surface area contributed by atoms with Crippen LogP contribution in [-0.2, 0) is 4.79 Å². The van der Waals surface area contributed by atoms with Crippen LogP contribution in [0.15, 0.2) is 24.3 Å². The molecule has 7 heteroatoms. The number of ether oxygens (including phenoxy) is 1. The average Bonchev–Trinajstić information content (AvgIpc) is 2.65. The zero-order valence-electron chi connectivity index (χ0n) is 15.7. The molecule has 0 saturated carbocycles. The van der Waals surface area contributed by atoms with Gasteiger partial charge >= 0.3 is 6.03 Å². The third-order valence-electron chi connectivity index (χ3n) is 4.25. The molecule has 1 heterocycles. The van der Waals surface area contributed by atoms with Crippen LogP contribution < -0.4 is 21.1 Å². The molecular weight excluding hydrogens is 332 g/mol. The van der Waals surface area contributed by atoms with Crippen LogP contribution in [0.25, 0.3) is 0 Å². The lowest BCUT2D eigenvalue weighted by Gasteiger charge is -2.32. The molecular formula is C19H30N4O3. The molecule has 1 saturated heterocycles. The third kappa shape index (κ3) is 6.22. The molecule has 144 valence electrons. The highest BCUT2D eigenvalue weighted by molar-refractivity contribution is 5.93. The van der Waals surface area contributed by atoms with Crippen molar-refractivity contribution >= 4 is 17.6 Å². The van der Waals surface area contributed by atoms with E-state index in [4.69, 9.17) is 10.5 Å². The molecule has 1 atom stereocenters. The number of carbonyl (C=O) groups excluding carboxylic acids is 2. The van der Waals surface area contributed by atoms with Crippen molar-refractivity contribution in [3.63, 3.8) is 0 Å². The number of amides is 3. The van der Waals surface area contributed by atoms with Gasteiger partial charge < -0.3 is 26.0 Å². The number of piperidine rings is 1. The minimum Gasteiger partial charge on any atom is -0.492 e. The van der Waals surface area contributed by atoms with Crippen LogP contribution >= 0.6 is 0 Å². The monoisotopic (exact) mass is 362 g/mol. The number of carbonyl (C=O) groups is 2. The first-order valence-corrected chi connectivity index (χ1v) is 9.26. The van der Waals surface area contributed by atoms with Crippen molar-refractivity contribution < 1.29 is 14.3 Å². The Morgan fingerprint density at radius 2 is 2.04 bits per heavy atom. The van der Waals surface area contributed by atoms with Crippen molar-refractivity contribution in [2.75, 3.05) is 38.1 Å². The Morgan fingerprint density at radius 3 is 2.69 bits per heavy atom. The van der Waals surface area contributed by atoms with E-state index in [1.165, 1.54) is 0 Å². The van der Waals surface area contributed by atoms with E-state index >= 15 is 0 Å². The summed E-state index contributed by atoms with van der Waals surface area (Å²) in [5.41, 5.74) is 6.13. The van der Waals surface area contributed by atoms with Crippen LogP contribution in [0.4, 0.5) is 10.5 Å². The third-order valence-corrected chi connectivity index (χ3v) is 4.25. The molecule has 1 fully saturated rings. The number of rotatable bonds is 7. The summed E-state index contributed by atoms with van der Waals surface area (Å²) in [6, 6.07) is 7.13. The standard InChI is InChI=1S/C19H30N4O3/c1-14(2)12-21-19(25)23-10-3-4-15(13-23)18(24)22-16-5-7-17(8-6-16)26-11-9-20/h5-8,14-15H,3-4,9-13,20H2,1-2H3,(H,21,25)(H,22,24). The van der Waals surface area contributed by atoms with Crippen molar-refractivity contribution in [1.82, 2.24) is 10.2 Å². The van der Waals surface area contributed by atoms with Crippen LogP contribution in [0, 0.1) is 11.8 Å². The van der Waals surface area contributed by atoms with Crippen molar-refractivity contribution in [2.24, 2.45) is 17.6 Å². The summed E-state index contributed by atoms with van der Waals surface area (Å²) in [7, 11) is 0. The van der Waals surface area contributed by atoms with E-state index in [1.54, 1.807) is 29.2 Å². The Bertz CT molecular complexity index is 589. The summed E-state index contributed by atoms with van der Waals surface area (Å²) in [4.78, 5) is 26.5. The van der Waals surface area contributed by atoms with E-state index in [9.17, 15) is 9.59 Å². The van der Waals surface area contributed by atoms with E-state index in [2.05, 4.69) is 24.5 Å². The lowest BCUT2D eigenvalue weighted by Crippen LogP contribution is -2.48. The maximum absolute atomic E-state index is 12.5. The van der Waals surface area contributed by atoms with E-state index in [1.807, 2.05) is 0 Å². The summed E-state index contributed by atoms with van der Waals surface area (Å²) >= 11 is 0. The van der Waals surface area contributed by atoms with Crippen LogP contribution in [0.5, 0.6) is 5.75 Å². The molecule has 0 bridgehead atoms. The fourth-order valence-corrected chi connectivity index (χ4v) is 2.83. The van der Waals surface area contributed by atoms with E-state index in [-0.39, 0.29) is 17.9 Å². The minimum atomic E-state index is -0.193. The van der Waals surface area contributed by atoms with Gasteiger partial charge in [-0.25, -0.2) is 4.79 Å². The smallest absolute Gasteiger partial charge is 0.317 e. The van der Waals surface area contributed by atoms with Crippen LogP contribution in [0.1, 0.15) is 26.7 Å². The topological polar surface area (TPSA) is 96.7 Å². The normalized spacial score (nSPS) is 17.1. The van der Waals surface area contributed by atoms with Gasteiger partial charge in [0, 0.05) is 31.9 Å². The molecule has 3 amide bonds. The highest BCUT2D eigenvalue weighted by Gasteiger charge is 2.28. The SMILES string of the molecule is CC(C)CNC(=O)N1CCCC(C(=O)Nc2ccc(OCCN)cc2)C1. The first-order chi connectivity index (χ1) is 12.5. The Morgan fingerprint density at radius 1 is 1.31 bits per heavy atom. The van der Waals surface area contributed by atoms with Crippen molar-refractivity contribution in [3.8, 4) is 5.75 Å². The fourth-order valence-electron chi connectivity index (χ4n) is 2.83. The zero-order chi connectivity index (χ0) is 18.9. The maximum atomic E-state index is 12.5. The molecule has 1 aromatic rings. The largest absolute Gasteiger partial charge is 0.492 e. The number of nitrogens with zero attached hydrogens (tertiary/aromatic N) is 1. The van der Waals surface area contributed by atoms with E-state index in [0.29, 0.717) is 38.7 Å². The molecule has 4 N–H and O–H groups in total. The molecule has 1 unspecified atom stereocenters. The molecule has 0 aliphatic carbocycles. The van der Waals surface area contributed by atoms with Gasteiger partial charge in [0.05, 0.1) is 5.92 Å². The highest BCUT2D eigenvalue weighted by atomic mass is 16.5. The van der Waals surface area contributed by atoms with E-state index < -0.39 is 0 Å². The van der Waals surface area contributed by atoms with Gasteiger partial charge in [-0.1, -0.05) is 13.8 Å². The molecule has 1 aliphatic heterocycles. The summed E-state index contributed by atoms with van der Waals surface area (Å²) in [6.45, 7) is 6.82. The summed E-state index contributed by atoms with van der Waals surface area (Å²) < 4.78 is 5.42. The van der Waals surface area contributed by atoms with Crippen LogP contribution in [0.3, 0.4) is 0 Å². The molecule has 1 aliphatic rings. The molecule has 1 aromatic carbocycles. The molecule has 0 aromatic heterocycles. The van der Waals surface area contributed by atoms with Gasteiger partial charge in [0.25, 0.3) is 0 Å². The lowest BCUT2D eigenvalue weighted by molar-refractivity contribution is -0.121. The van der Waals surface area contributed by atoms with Gasteiger partial charge in [-0.05, 0) is 43.0 Å². The minimum absolute atomic E-state index is 0.0537. The maximum Gasteiger partial charge on any atom is 0.317 e. The Labute approximate surface area is 155 Å². The number of nitrogens with two attached hydrogens (primary N) is 1. The number of hydrogen-bond acceptors (Lipinski definition) is 4. The van der Waals surface area contributed by atoms with Crippen LogP contribution in [0.2, 0.25) is 0 Å². The lowest BCUT2D eigenvalue weighted by atomic mass is 9.97. The number of hydrogen-bond donors (Lipinski definition) is 3.